The van der Waals surface area contributed by atoms with E-state index in [2.05, 4.69) is 34.3 Å². The lowest BCUT2D eigenvalue weighted by molar-refractivity contribution is -0.126. The molecule has 1 N–H and O–H groups in total. The van der Waals surface area contributed by atoms with E-state index >= 15 is 0 Å². The van der Waals surface area contributed by atoms with Crippen LogP contribution in [0.15, 0.2) is 42.6 Å². The zero-order valence-corrected chi connectivity index (χ0v) is 12.3. The molecule has 2 aliphatic rings. The minimum Gasteiger partial charge on any atom is -0.321 e. The summed E-state index contributed by atoms with van der Waals surface area (Å²) in [5, 5.41) is 2.45. The van der Waals surface area contributed by atoms with E-state index in [4.69, 9.17) is 0 Å². The van der Waals surface area contributed by atoms with E-state index < -0.39 is 0 Å². The van der Waals surface area contributed by atoms with Gasteiger partial charge in [-0.2, -0.15) is 0 Å². The first-order chi connectivity index (χ1) is 10.7. The van der Waals surface area contributed by atoms with Gasteiger partial charge in [-0.25, -0.2) is 0 Å². The summed E-state index contributed by atoms with van der Waals surface area (Å²) in [5.74, 6) is -0.265. The standard InChI is InChI=1S/C18H18N2O2/c21-17-11-15(18(22)19-17)13-7-4-8-16-14(13)9-10-20(16)12-5-2-1-3-6-12/h1-3,5-6,9-10,13,15H,4,7-8,11H2,(H,19,21,22). The highest BCUT2D eigenvalue weighted by Crippen LogP contribution is 2.41. The first-order valence-electron chi connectivity index (χ1n) is 7.83. The molecule has 0 saturated carbocycles. The van der Waals surface area contributed by atoms with Crippen molar-refractivity contribution < 1.29 is 9.59 Å². The highest BCUT2D eigenvalue weighted by atomic mass is 16.2. The third kappa shape index (κ3) is 2.06. The Labute approximate surface area is 129 Å². The second-order valence-corrected chi connectivity index (χ2v) is 6.15. The molecular formula is C18H18N2O2. The van der Waals surface area contributed by atoms with Crippen molar-refractivity contribution >= 4 is 11.8 Å². The zero-order chi connectivity index (χ0) is 15.1. The molecule has 0 spiro atoms. The van der Waals surface area contributed by atoms with Crippen LogP contribution in [0.3, 0.4) is 0 Å². The summed E-state index contributed by atoms with van der Waals surface area (Å²) < 4.78 is 2.22. The molecule has 1 aliphatic heterocycles. The molecule has 0 bridgehead atoms. The van der Waals surface area contributed by atoms with Crippen molar-refractivity contribution in [2.24, 2.45) is 5.92 Å². The van der Waals surface area contributed by atoms with Gasteiger partial charge in [-0.1, -0.05) is 18.2 Å². The maximum absolute atomic E-state index is 12.0. The lowest BCUT2D eigenvalue weighted by Crippen LogP contribution is -2.27. The highest BCUT2D eigenvalue weighted by molar-refractivity contribution is 6.03. The molecule has 4 nitrogen and oxygen atoms in total. The average Bonchev–Trinajstić information content (AvgIpc) is 3.11. The summed E-state index contributed by atoms with van der Waals surface area (Å²) in [5.41, 5.74) is 3.68. The van der Waals surface area contributed by atoms with Gasteiger partial charge in [-0.3, -0.25) is 14.9 Å². The molecule has 112 valence electrons. The second-order valence-electron chi connectivity index (χ2n) is 6.15. The topological polar surface area (TPSA) is 51.1 Å². The summed E-state index contributed by atoms with van der Waals surface area (Å²) in [4.78, 5) is 23.5. The molecular weight excluding hydrogens is 276 g/mol. The Morgan fingerprint density at radius 3 is 2.59 bits per heavy atom. The first kappa shape index (κ1) is 13.3. The molecule has 2 atom stereocenters. The molecule has 1 aromatic heterocycles. The number of carbonyl (C=O) groups excluding carboxylic acids is 2. The van der Waals surface area contributed by atoms with Gasteiger partial charge in [-0.05, 0) is 48.9 Å². The van der Waals surface area contributed by atoms with Gasteiger partial charge in [0.2, 0.25) is 11.8 Å². The van der Waals surface area contributed by atoms with Crippen LogP contribution in [0.25, 0.3) is 5.69 Å². The fraction of sp³-hybridized carbons (Fsp3) is 0.333. The number of para-hydroxylation sites is 1. The van der Waals surface area contributed by atoms with E-state index in [-0.39, 0.29) is 23.7 Å². The monoisotopic (exact) mass is 294 g/mol. The summed E-state index contributed by atoms with van der Waals surface area (Å²) >= 11 is 0. The zero-order valence-electron chi connectivity index (χ0n) is 12.3. The molecule has 2 amide bonds. The SMILES string of the molecule is O=C1CC(C2CCCc3c2ccn3-c2ccccc2)C(=O)N1. The van der Waals surface area contributed by atoms with Gasteiger partial charge in [0.25, 0.3) is 0 Å². The minimum atomic E-state index is -0.196. The van der Waals surface area contributed by atoms with Crippen molar-refractivity contribution in [1.82, 2.24) is 9.88 Å². The fourth-order valence-electron chi connectivity index (χ4n) is 3.87. The van der Waals surface area contributed by atoms with Crippen LogP contribution in [0.1, 0.15) is 36.4 Å². The quantitative estimate of drug-likeness (QED) is 0.865. The van der Waals surface area contributed by atoms with Crippen molar-refractivity contribution in [3.05, 3.63) is 53.9 Å². The lowest BCUT2D eigenvalue weighted by atomic mass is 9.77. The van der Waals surface area contributed by atoms with E-state index in [1.54, 1.807) is 0 Å². The predicted molar refractivity (Wildman–Crippen MR) is 82.7 cm³/mol. The van der Waals surface area contributed by atoms with Crippen LogP contribution in [0.4, 0.5) is 0 Å². The molecule has 2 heterocycles. The molecule has 1 fully saturated rings. The second kappa shape index (κ2) is 5.13. The molecule has 22 heavy (non-hydrogen) atoms. The third-order valence-corrected chi connectivity index (χ3v) is 4.88. The van der Waals surface area contributed by atoms with E-state index in [1.165, 1.54) is 11.3 Å². The Morgan fingerprint density at radius 1 is 1.05 bits per heavy atom. The Balaban J connectivity index is 1.73. The minimum absolute atomic E-state index is 0.102. The number of carbonyl (C=O) groups is 2. The normalized spacial score (nSPS) is 24.2. The Morgan fingerprint density at radius 2 is 1.86 bits per heavy atom. The van der Waals surface area contributed by atoms with E-state index in [9.17, 15) is 9.59 Å². The molecule has 2 aromatic rings. The lowest BCUT2D eigenvalue weighted by Gasteiger charge is -2.27. The number of nitrogens with one attached hydrogen (secondary N) is 1. The van der Waals surface area contributed by atoms with Gasteiger partial charge in [0.1, 0.15) is 0 Å². The Bertz CT molecular complexity index is 733. The number of nitrogens with zero attached hydrogens (tertiary/aromatic N) is 1. The van der Waals surface area contributed by atoms with Crippen LogP contribution in [0, 0.1) is 5.92 Å². The van der Waals surface area contributed by atoms with Crippen molar-refractivity contribution in [1.29, 1.82) is 0 Å². The molecule has 1 saturated heterocycles. The first-order valence-corrected chi connectivity index (χ1v) is 7.83. The summed E-state index contributed by atoms with van der Waals surface area (Å²) in [7, 11) is 0. The molecule has 0 radical (unpaired) electrons. The maximum Gasteiger partial charge on any atom is 0.230 e. The van der Waals surface area contributed by atoms with Crippen LogP contribution >= 0.6 is 0 Å². The largest absolute Gasteiger partial charge is 0.321 e. The average molecular weight is 294 g/mol. The summed E-state index contributed by atoms with van der Waals surface area (Å²) in [6, 6.07) is 12.4. The maximum atomic E-state index is 12.0. The van der Waals surface area contributed by atoms with Gasteiger partial charge in [-0.15, -0.1) is 0 Å². The Hall–Kier alpha value is -2.36. The number of hydrogen-bond acceptors (Lipinski definition) is 2. The molecule has 4 heteroatoms. The van der Waals surface area contributed by atoms with Gasteiger partial charge >= 0.3 is 0 Å². The van der Waals surface area contributed by atoms with Crippen LogP contribution in [-0.4, -0.2) is 16.4 Å². The van der Waals surface area contributed by atoms with Crippen molar-refractivity contribution in [2.45, 2.75) is 31.6 Å². The van der Waals surface area contributed by atoms with Crippen LogP contribution < -0.4 is 5.32 Å². The van der Waals surface area contributed by atoms with E-state index in [1.807, 2.05) is 18.2 Å². The highest BCUT2D eigenvalue weighted by Gasteiger charge is 2.39. The number of benzene rings is 1. The molecule has 4 rings (SSSR count). The summed E-state index contributed by atoms with van der Waals surface area (Å²) in [6.07, 6.45) is 5.49. The van der Waals surface area contributed by atoms with Crippen LogP contribution in [-0.2, 0) is 16.0 Å². The molecule has 1 aliphatic carbocycles. The van der Waals surface area contributed by atoms with Crippen LogP contribution in [0.2, 0.25) is 0 Å². The van der Waals surface area contributed by atoms with Crippen LogP contribution in [0.5, 0.6) is 0 Å². The van der Waals surface area contributed by atoms with Gasteiger partial charge < -0.3 is 4.57 Å². The number of rotatable bonds is 2. The van der Waals surface area contributed by atoms with E-state index in [0.717, 1.165) is 24.9 Å². The van der Waals surface area contributed by atoms with E-state index in [0.29, 0.717) is 6.42 Å². The van der Waals surface area contributed by atoms with Gasteiger partial charge in [0.15, 0.2) is 0 Å². The third-order valence-electron chi connectivity index (χ3n) is 4.88. The number of imide groups is 1. The number of fused-ring (bicyclic) bond motifs is 1. The van der Waals surface area contributed by atoms with Crippen molar-refractivity contribution in [3.8, 4) is 5.69 Å². The molecule has 2 unspecified atom stereocenters. The van der Waals surface area contributed by atoms with Crippen molar-refractivity contribution in [3.63, 3.8) is 0 Å². The molecule has 1 aromatic carbocycles. The van der Waals surface area contributed by atoms with Crippen molar-refractivity contribution in [2.75, 3.05) is 0 Å². The summed E-state index contributed by atoms with van der Waals surface area (Å²) in [6.45, 7) is 0. The van der Waals surface area contributed by atoms with Gasteiger partial charge in [0, 0.05) is 24.0 Å². The fourth-order valence-corrected chi connectivity index (χ4v) is 3.87. The number of amides is 2. The van der Waals surface area contributed by atoms with Gasteiger partial charge in [0.05, 0.1) is 5.92 Å². The number of hydrogen-bond donors (Lipinski definition) is 1. The number of aromatic nitrogens is 1. The smallest absolute Gasteiger partial charge is 0.230 e. The Kier molecular flexibility index (Phi) is 3.10. The predicted octanol–water partition coefficient (Wildman–Crippen LogP) is 2.56.